The highest BCUT2D eigenvalue weighted by Gasteiger charge is 2.22. The fourth-order valence-corrected chi connectivity index (χ4v) is 3.20. The van der Waals surface area contributed by atoms with Gasteiger partial charge in [-0.1, -0.05) is 17.7 Å². The van der Waals surface area contributed by atoms with Crippen LogP contribution in [-0.2, 0) is 14.8 Å². The molecule has 0 aliphatic carbocycles. The molecule has 0 spiro atoms. The lowest BCUT2D eigenvalue weighted by Gasteiger charge is -2.17. The Balaban J connectivity index is 2.04. The second kappa shape index (κ2) is 7.45. The van der Waals surface area contributed by atoms with E-state index in [1.165, 1.54) is 43.4 Å². The van der Waals surface area contributed by atoms with Gasteiger partial charge in [0, 0.05) is 12.7 Å². The summed E-state index contributed by atoms with van der Waals surface area (Å²) in [4.78, 5) is 22.9. The zero-order chi connectivity index (χ0) is 18.6. The number of hydrogen-bond acceptors (Lipinski definition) is 4. The number of nitrogens with one attached hydrogen (secondary N) is 1. The van der Waals surface area contributed by atoms with Crippen molar-refractivity contribution < 1.29 is 23.1 Å². The minimum Gasteiger partial charge on any atom is -0.478 e. The summed E-state index contributed by atoms with van der Waals surface area (Å²) in [6, 6.07) is 11.9. The Morgan fingerprint density at radius 3 is 2.12 bits per heavy atom. The van der Waals surface area contributed by atoms with E-state index in [4.69, 9.17) is 5.11 Å². The van der Waals surface area contributed by atoms with Gasteiger partial charge in [-0.3, -0.25) is 4.79 Å². The third-order valence-electron chi connectivity index (χ3n) is 3.51. The van der Waals surface area contributed by atoms with E-state index >= 15 is 0 Å². The SMILES string of the molecule is Cc1ccc(S(=O)(=O)N(C)CC(=O)Nc2ccc(C(=O)O)cc2)cc1. The average Bonchev–Trinajstić information content (AvgIpc) is 2.55. The molecule has 1 amide bonds. The van der Waals surface area contributed by atoms with Crippen molar-refractivity contribution in [3.8, 4) is 0 Å². The molecule has 0 atom stereocenters. The maximum Gasteiger partial charge on any atom is 0.335 e. The number of anilines is 1. The monoisotopic (exact) mass is 362 g/mol. The van der Waals surface area contributed by atoms with Gasteiger partial charge in [-0.2, -0.15) is 4.31 Å². The molecule has 0 radical (unpaired) electrons. The molecule has 2 N–H and O–H groups in total. The van der Waals surface area contributed by atoms with E-state index in [2.05, 4.69) is 5.32 Å². The molecule has 0 aliphatic heterocycles. The van der Waals surface area contributed by atoms with Gasteiger partial charge in [0.05, 0.1) is 17.0 Å². The van der Waals surface area contributed by atoms with Crippen LogP contribution in [-0.4, -0.2) is 43.3 Å². The van der Waals surface area contributed by atoms with Crippen LogP contribution in [0.2, 0.25) is 0 Å². The smallest absolute Gasteiger partial charge is 0.335 e. The van der Waals surface area contributed by atoms with Crippen LogP contribution in [0.15, 0.2) is 53.4 Å². The molecule has 0 saturated heterocycles. The summed E-state index contributed by atoms with van der Waals surface area (Å²) in [6.07, 6.45) is 0. The van der Waals surface area contributed by atoms with Gasteiger partial charge in [-0.25, -0.2) is 13.2 Å². The molecule has 132 valence electrons. The van der Waals surface area contributed by atoms with Crippen molar-refractivity contribution in [3.63, 3.8) is 0 Å². The number of nitrogens with zero attached hydrogens (tertiary/aromatic N) is 1. The summed E-state index contributed by atoms with van der Waals surface area (Å²) in [5, 5.41) is 11.4. The average molecular weight is 362 g/mol. The van der Waals surface area contributed by atoms with Crippen molar-refractivity contribution in [2.45, 2.75) is 11.8 Å². The van der Waals surface area contributed by atoms with Gasteiger partial charge in [0.2, 0.25) is 15.9 Å². The summed E-state index contributed by atoms with van der Waals surface area (Å²) in [5.41, 5.74) is 1.41. The fourth-order valence-electron chi connectivity index (χ4n) is 2.07. The van der Waals surface area contributed by atoms with E-state index in [0.717, 1.165) is 9.87 Å². The summed E-state index contributed by atoms with van der Waals surface area (Å²) < 4.78 is 25.8. The van der Waals surface area contributed by atoms with E-state index in [9.17, 15) is 18.0 Å². The highest BCUT2D eigenvalue weighted by molar-refractivity contribution is 7.89. The van der Waals surface area contributed by atoms with Gasteiger partial charge >= 0.3 is 5.97 Å². The summed E-state index contributed by atoms with van der Waals surface area (Å²) in [5.74, 6) is -1.59. The first-order valence-corrected chi connectivity index (χ1v) is 8.80. The normalized spacial score (nSPS) is 11.3. The molecule has 0 saturated carbocycles. The summed E-state index contributed by atoms with van der Waals surface area (Å²) in [6.45, 7) is 1.49. The van der Waals surface area contributed by atoms with Crippen LogP contribution in [0.3, 0.4) is 0 Å². The Labute approximate surface area is 146 Å². The van der Waals surface area contributed by atoms with Crippen molar-refractivity contribution in [2.75, 3.05) is 18.9 Å². The zero-order valence-corrected chi connectivity index (χ0v) is 14.6. The molecular weight excluding hydrogens is 344 g/mol. The Morgan fingerprint density at radius 2 is 1.60 bits per heavy atom. The molecule has 0 fully saturated rings. The summed E-state index contributed by atoms with van der Waals surface area (Å²) in [7, 11) is -2.44. The lowest BCUT2D eigenvalue weighted by molar-refractivity contribution is -0.116. The number of carbonyl (C=O) groups excluding carboxylic acids is 1. The van der Waals surface area contributed by atoms with Crippen LogP contribution < -0.4 is 5.32 Å². The maximum absolute atomic E-state index is 12.4. The first-order chi connectivity index (χ1) is 11.7. The lowest BCUT2D eigenvalue weighted by Crippen LogP contribution is -2.34. The number of aromatic carboxylic acids is 1. The van der Waals surface area contributed by atoms with Crippen LogP contribution in [0.4, 0.5) is 5.69 Å². The molecule has 0 aliphatic rings. The highest BCUT2D eigenvalue weighted by atomic mass is 32.2. The molecule has 7 nitrogen and oxygen atoms in total. The number of likely N-dealkylation sites (N-methyl/N-ethyl adjacent to an activating group) is 1. The van der Waals surface area contributed by atoms with E-state index in [0.29, 0.717) is 5.69 Å². The molecule has 0 aromatic heterocycles. The highest BCUT2D eigenvalue weighted by Crippen LogP contribution is 2.15. The predicted octanol–water partition coefficient (Wildman–Crippen LogP) is 1.95. The van der Waals surface area contributed by atoms with E-state index in [1.54, 1.807) is 12.1 Å². The van der Waals surface area contributed by atoms with E-state index < -0.39 is 21.9 Å². The van der Waals surface area contributed by atoms with Crippen LogP contribution >= 0.6 is 0 Å². The largest absolute Gasteiger partial charge is 0.478 e. The van der Waals surface area contributed by atoms with Gasteiger partial charge < -0.3 is 10.4 Å². The maximum atomic E-state index is 12.4. The Kier molecular flexibility index (Phi) is 5.55. The van der Waals surface area contributed by atoms with Crippen molar-refractivity contribution in [1.29, 1.82) is 0 Å². The third-order valence-corrected chi connectivity index (χ3v) is 5.33. The Morgan fingerprint density at radius 1 is 1.04 bits per heavy atom. The van der Waals surface area contributed by atoms with Gasteiger partial charge in [0.15, 0.2) is 0 Å². The molecular formula is C17H18N2O5S. The molecule has 2 aromatic rings. The zero-order valence-electron chi connectivity index (χ0n) is 13.8. The molecule has 0 heterocycles. The van der Waals surface area contributed by atoms with Crippen LogP contribution in [0.5, 0.6) is 0 Å². The predicted molar refractivity (Wildman–Crippen MR) is 93.0 cm³/mol. The number of amides is 1. The number of benzene rings is 2. The van der Waals surface area contributed by atoms with Crippen molar-refractivity contribution in [3.05, 3.63) is 59.7 Å². The molecule has 25 heavy (non-hydrogen) atoms. The molecule has 2 rings (SSSR count). The van der Waals surface area contributed by atoms with Crippen molar-refractivity contribution in [2.24, 2.45) is 0 Å². The number of aryl methyl sites for hydroxylation is 1. The van der Waals surface area contributed by atoms with Gasteiger partial charge in [-0.15, -0.1) is 0 Å². The molecule has 0 unspecified atom stereocenters. The van der Waals surface area contributed by atoms with E-state index in [1.807, 2.05) is 6.92 Å². The molecule has 2 aromatic carbocycles. The second-order valence-corrected chi connectivity index (χ2v) is 7.55. The topological polar surface area (TPSA) is 104 Å². The van der Waals surface area contributed by atoms with E-state index in [-0.39, 0.29) is 17.0 Å². The Hall–Kier alpha value is -2.71. The van der Waals surface area contributed by atoms with Crippen LogP contribution in [0.1, 0.15) is 15.9 Å². The minimum absolute atomic E-state index is 0.0945. The van der Waals surface area contributed by atoms with Crippen molar-refractivity contribution >= 4 is 27.6 Å². The first-order valence-electron chi connectivity index (χ1n) is 7.36. The van der Waals surface area contributed by atoms with Gasteiger partial charge in [-0.05, 0) is 43.3 Å². The summed E-state index contributed by atoms with van der Waals surface area (Å²) >= 11 is 0. The van der Waals surface area contributed by atoms with Crippen LogP contribution in [0, 0.1) is 6.92 Å². The Bertz CT molecular complexity index is 874. The molecule has 8 heteroatoms. The number of carboxylic acids is 1. The molecule has 0 bridgehead atoms. The fraction of sp³-hybridized carbons (Fsp3) is 0.176. The second-order valence-electron chi connectivity index (χ2n) is 5.50. The number of sulfonamides is 1. The minimum atomic E-state index is -3.77. The first kappa shape index (κ1) is 18.6. The number of carbonyl (C=O) groups is 2. The third kappa shape index (κ3) is 4.65. The quantitative estimate of drug-likeness (QED) is 0.817. The van der Waals surface area contributed by atoms with Crippen LogP contribution in [0.25, 0.3) is 0 Å². The van der Waals surface area contributed by atoms with Gasteiger partial charge in [0.25, 0.3) is 0 Å². The number of carboxylic acid groups (broad SMARTS) is 1. The number of hydrogen-bond donors (Lipinski definition) is 2. The van der Waals surface area contributed by atoms with Gasteiger partial charge in [0.1, 0.15) is 0 Å². The lowest BCUT2D eigenvalue weighted by atomic mass is 10.2. The van der Waals surface area contributed by atoms with Crippen molar-refractivity contribution in [1.82, 2.24) is 4.31 Å². The standard InChI is InChI=1S/C17H18N2O5S/c1-12-3-9-15(10-4-12)25(23,24)19(2)11-16(20)18-14-7-5-13(6-8-14)17(21)22/h3-10H,11H2,1-2H3,(H,18,20)(H,21,22). The number of rotatable bonds is 6.